The van der Waals surface area contributed by atoms with E-state index in [0.717, 1.165) is 0 Å². The Hall–Kier alpha value is -3.23. The van der Waals surface area contributed by atoms with Crippen LogP contribution in [0.25, 0.3) is 10.8 Å². The highest BCUT2D eigenvalue weighted by Crippen LogP contribution is 2.35. The van der Waals surface area contributed by atoms with E-state index in [-0.39, 0.29) is 35.7 Å². The summed E-state index contributed by atoms with van der Waals surface area (Å²) in [5.41, 5.74) is -0.272. The first kappa shape index (κ1) is 19.1. The number of methoxy groups -OCH3 is 1. The Balaban J connectivity index is 2.71. The second kappa shape index (κ2) is 8.24. The molecular weight excluding hydrogens is 344 g/mol. The fraction of sp³-hybridized carbons (Fsp3) is 0.353. The third-order valence-corrected chi connectivity index (χ3v) is 3.61. The van der Waals surface area contributed by atoms with Crippen LogP contribution in [-0.4, -0.2) is 42.2 Å². The van der Waals surface area contributed by atoms with Crippen molar-refractivity contribution in [3.05, 3.63) is 40.2 Å². The van der Waals surface area contributed by atoms with Crippen LogP contribution >= 0.6 is 0 Å². The van der Waals surface area contributed by atoms with Gasteiger partial charge in [0, 0.05) is 17.6 Å². The molecule has 2 rings (SSSR count). The van der Waals surface area contributed by atoms with Crippen molar-refractivity contribution >= 4 is 28.4 Å². The number of esters is 2. The Morgan fingerprint density at radius 1 is 1.19 bits per heavy atom. The molecule has 0 amide bonds. The highest BCUT2D eigenvalue weighted by atomic mass is 16.6. The molecule has 0 atom stereocenters. The first-order valence-electron chi connectivity index (χ1n) is 7.88. The van der Waals surface area contributed by atoms with Crippen LogP contribution in [0.2, 0.25) is 0 Å². The molecule has 0 saturated heterocycles. The standard InChI is InChI=1S/C17H18N2O7/c1-4-25-16(20)14(17(21)26-5-2)15-11-9-12(19(22)23)13(24-3)8-10(11)6-7-18-15/h6-9,14H,4-5H2,1-3H3. The quantitative estimate of drug-likeness (QED) is 0.319. The van der Waals surface area contributed by atoms with E-state index < -0.39 is 22.8 Å². The minimum absolute atomic E-state index is 0.0325. The van der Waals surface area contributed by atoms with Gasteiger partial charge in [0.25, 0.3) is 0 Å². The summed E-state index contributed by atoms with van der Waals surface area (Å²) in [4.78, 5) is 39.4. The molecule has 9 heteroatoms. The number of aromatic nitrogens is 1. The molecule has 1 aromatic heterocycles. The van der Waals surface area contributed by atoms with Gasteiger partial charge in [-0.3, -0.25) is 24.7 Å². The molecule has 0 aliphatic carbocycles. The predicted molar refractivity (Wildman–Crippen MR) is 91.0 cm³/mol. The molecular formula is C17H18N2O7. The third kappa shape index (κ3) is 3.71. The molecule has 0 N–H and O–H groups in total. The Bertz CT molecular complexity index is 832. The first-order chi connectivity index (χ1) is 12.4. The van der Waals surface area contributed by atoms with Crippen LogP contribution in [-0.2, 0) is 19.1 Å². The van der Waals surface area contributed by atoms with Gasteiger partial charge in [0.15, 0.2) is 11.7 Å². The monoisotopic (exact) mass is 362 g/mol. The van der Waals surface area contributed by atoms with Crippen molar-refractivity contribution in [2.24, 2.45) is 0 Å². The smallest absolute Gasteiger partial charge is 0.326 e. The number of carbonyl (C=O) groups excluding carboxylic acids is 2. The molecule has 0 unspecified atom stereocenters. The van der Waals surface area contributed by atoms with E-state index >= 15 is 0 Å². The number of pyridine rings is 1. The van der Waals surface area contributed by atoms with Crippen molar-refractivity contribution in [2.45, 2.75) is 19.8 Å². The summed E-state index contributed by atoms with van der Waals surface area (Å²) in [5, 5.41) is 12.1. The predicted octanol–water partition coefficient (Wildman–Crippen LogP) is 2.36. The lowest BCUT2D eigenvalue weighted by molar-refractivity contribution is -0.385. The molecule has 138 valence electrons. The lowest BCUT2D eigenvalue weighted by Gasteiger charge is -2.16. The number of benzene rings is 1. The number of hydrogen-bond donors (Lipinski definition) is 0. The summed E-state index contributed by atoms with van der Waals surface area (Å²) in [7, 11) is 1.32. The normalized spacial score (nSPS) is 10.6. The second-order valence-corrected chi connectivity index (χ2v) is 5.14. The van der Waals surface area contributed by atoms with Crippen molar-refractivity contribution < 1.29 is 28.7 Å². The molecule has 1 aromatic carbocycles. The zero-order chi connectivity index (χ0) is 19.3. The maximum Gasteiger partial charge on any atom is 0.326 e. The molecule has 0 aliphatic rings. The number of rotatable bonds is 7. The fourth-order valence-electron chi connectivity index (χ4n) is 2.52. The van der Waals surface area contributed by atoms with Gasteiger partial charge in [0.05, 0.1) is 30.9 Å². The maximum atomic E-state index is 12.3. The van der Waals surface area contributed by atoms with Crippen molar-refractivity contribution in [2.75, 3.05) is 20.3 Å². The van der Waals surface area contributed by atoms with Crippen molar-refractivity contribution in [1.29, 1.82) is 0 Å². The molecule has 9 nitrogen and oxygen atoms in total. The number of ether oxygens (including phenoxy) is 3. The third-order valence-electron chi connectivity index (χ3n) is 3.61. The van der Waals surface area contributed by atoms with Crippen molar-refractivity contribution in [1.82, 2.24) is 4.98 Å². The molecule has 26 heavy (non-hydrogen) atoms. The Kier molecular flexibility index (Phi) is 6.05. The van der Waals surface area contributed by atoms with Crippen molar-refractivity contribution in [3.8, 4) is 5.75 Å². The van der Waals surface area contributed by atoms with E-state index in [0.29, 0.717) is 5.39 Å². The zero-order valence-electron chi connectivity index (χ0n) is 14.6. The average Bonchev–Trinajstić information content (AvgIpc) is 2.61. The second-order valence-electron chi connectivity index (χ2n) is 5.14. The molecule has 0 fully saturated rings. The number of fused-ring (bicyclic) bond motifs is 1. The van der Waals surface area contributed by atoms with Crippen LogP contribution in [0.3, 0.4) is 0 Å². The maximum absolute atomic E-state index is 12.3. The molecule has 0 aliphatic heterocycles. The Morgan fingerprint density at radius 2 is 1.81 bits per heavy atom. The molecule has 2 aromatic rings. The Labute approximate surface area is 149 Å². The number of nitro benzene ring substituents is 1. The van der Waals surface area contributed by atoms with Gasteiger partial charge in [-0.25, -0.2) is 0 Å². The largest absolute Gasteiger partial charge is 0.490 e. The highest BCUT2D eigenvalue weighted by molar-refractivity contribution is 6.04. The summed E-state index contributed by atoms with van der Waals surface area (Å²) in [6.45, 7) is 3.33. The molecule has 0 saturated carbocycles. The molecule has 1 heterocycles. The van der Waals surface area contributed by atoms with Gasteiger partial charge in [-0.15, -0.1) is 0 Å². The van der Waals surface area contributed by atoms with Crippen LogP contribution in [0.4, 0.5) is 5.69 Å². The van der Waals surface area contributed by atoms with Gasteiger partial charge in [-0.1, -0.05) is 0 Å². The van der Waals surface area contributed by atoms with Crippen LogP contribution in [0, 0.1) is 10.1 Å². The van der Waals surface area contributed by atoms with Gasteiger partial charge in [0.2, 0.25) is 0 Å². The van der Waals surface area contributed by atoms with E-state index in [2.05, 4.69) is 4.98 Å². The molecule has 0 spiro atoms. The first-order valence-corrected chi connectivity index (χ1v) is 7.88. The lowest BCUT2D eigenvalue weighted by Crippen LogP contribution is -2.27. The number of hydrogen-bond acceptors (Lipinski definition) is 8. The lowest BCUT2D eigenvalue weighted by atomic mass is 9.98. The minimum atomic E-state index is -1.44. The van der Waals surface area contributed by atoms with E-state index in [1.807, 2.05) is 0 Å². The van der Waals surface area contributed by atoms with Crippen molar-refractivity contribution in [3.63, 3.8) is 0 Å². The fourth-order valence-corrected chi connectivity index (χ4v) is 2.52. The van der Waals surface area contributed by atoms with Crippen LogP contribution in [0.15, 0.2) is 24.4 Å². The van der Waals surface area contributed by atoms with Crippen LogP contribution in [0.5, 0.6) is 5.75 Å². The van der Waals surface area contributed by atoms with Crippen LogP contribution in [0.1, 0.15) is 25.5 Å². The summed E-state index contributed by atoms with van der Waals surface area (Å²) < 4.78 is 15.0. The van der Waals surface area contributed by atoms with E-state index in [9.17, 15) is 19.7 Å². The minimum Gasteiger partial charge on any atom is -0.490 e. The zero-order valence-corrected chi connectivity index (χ0v) is 14.6. The van der Waals surface area contributed by atoms with Gasteiger partial charge in [-0.05, 0) is 31.4 Å². The molecule has 0 bridgehead atoms. The van der Waals surface area contributed by atoms with Gasteiger partial charge in [-0.2, -0.15) is 0 Å². The van der Waals surface area contributed by atoms with E-state index in [4.69, 9.17) is 14.2 Å². The summed E-state index contributed by atoms with van der Waals surface area (Å²) in [5.74, 6) is -3.04. The van der Waals surface area contributed by atoms with E-state index in [1.165, 1.54) is 25.4 Å². The Morgan fingerprint density at radius 3 is 2.31 bits per heavy atom. The number of nitro groups is 1. The van der Waals surface area contributed by atoms with Gasteiger partial charge >= 0.3 is 17.6 Å². The number of carbonyl (C=O) groups is 2. The van der Waals surface area contributed by atoms with Gasteiger partial charge in [0.1, 0.15) is 0 Å². The topological polar surface area (TPSA) is 118 Å². The summed E-state index contributed by atoms with van der Waals surface area (Å²) in [6.07, 6.45) is 1.40. The summed E-state index contributed by atoms with van der Waals surface area (Å²) >= 11 is 0. The molecule has 0 radical (unpaired) electrons. The average molecular weight is 362 g/mol. The van der Waals surface area contributed by atoms with E-state index in [1.54, 1.807) is 19.9 Å². The SMILES string of the molecule is CCOC(=O)C(C(=O)OCC)c1nccc2cc(OC)c([N+](=O)[O-])cc12. The van der Waals surface area contributed by atoms with Gasteiger partial charge < -0.3 is 14.2 Å². The highest BCUT2D eigenvalue weighted by Gasteiger charge is 2.35. The summed E-state index contributed by atoms with van der Waals surface area (Å²) in [6, 6.07) is 4.27. The van der Waals surface area contributed by atoms with Crippen LogP contribution < -0.4 is 4.74 Å². The number of nitrogens with zero attached hydrogens (tertiary/aromatic N) is 2.